The maximum atomic E-state index is 11.0. The van der Waals surface area contributed by atoms with Crippen LogP contribution in [0.1, 0.15) is 129 Å². The second-order valence-electron chi connectivity index (χ2n) is 7.82. The van der Waals surface area contributed by atoms with Crippen LogP contribution in [-0.2, 0) is 4.79 Å². The third-order valence-corrected chi connectivity index (χ3v) is 5.60. The molecule has 0 aliphatic rings. The van der Waals surface area contributed by atoms with Crippen LogP contribution in [0.3, 0.4) is 0 Å². The maximum Gasteiger partial charge on any atom is 0.123 e. The summed E-state index contributed by atoms with van der Waals surface area (Å²) < 4.78 is 0. The zero-order valence-corrected chi connectivity index (χ0v) is 17.8. The van der Waals surface area contributed by atoms with Gasteiger partial charge in [0.05, 0.1) is 0 Å². The molecule has 0 heterocycles. The molecule has 0 amide bonds. The standard InChI is InChI=1S/C23H45ClO/c1-2-3-4-5-6-7-8-9-10-11-12-13-14-15-16-17-19-23(22-25)20-18-21-24/h22-23H,2-21H2,1H3. The number of carbonyl (C=O) groups is 1. The quantitative estimate of drug-likeness (QED) is 0.112. The van der Waals surface area contributed by atoms with E-state index in [0.717, 1.165) is 25.5 Å². The van der Waals surface area contributed by atoms with Crippen molar-refractivity contribution in [1.29, 1.82) is 0 Å². The van der Waals surface area contributed by atoms with Crippen LogP contribution in [0.5, 0.6) is 0 Å². The molecule has 0 aliphatic carbocycles. The van der Waals surface area contributed by atoms with Crippen LogP contribution < -0.4 is 0 Å². The molecule has 0 saturated heterocycles. The Bertz CT molecular complexity index is 254. The summed E-state index contributed by atoms with van der Waals surface area (Å²) in [7, 11) is 0. The first-order chi connectivity index (χ1) is 12.3. The fraction of sp³-hybridized carbons (Fsp3) is 0.957. The van der Waals surface area contributed by atoms with Gasteiger partial charge in [-0.05, 0) is 19.3 Å². The molecule has 1 atom stereocenters. The van der Waals surface area contributed by atoms with Gasteiger partial charge in [0.25, 0.3) is 0 Å². The first-order valence-electron chi connectivity index (χ1n) is 11.4. The van der Waals surface area contributed by atoms with Crippen LogP contribution in [0.25, 0.3) is 0 Å². The molecule has 1 unspecified atom stereocenters. The summed E-state index contributed by atoms with van der Waals surface area (Å²) >= 11 is 5.69. The van der Waals surface area contributed by atoms with Gasteiger partial charge in [0.15, 0.2) is 0 Å². The number of rotatable bonds is 21. The molecule has 1 nitrogen and oxygen atoms in total. The maximum absolute atomic E-state index is 11.0. The molecule has 25 heavy (non-hydrogen) atoms. The van der Waals surface area contributed by atoms with Crippen LogP contribution in [0.15, 0.2) is 0 Å². The lowest BCUT2D eigenvalue weighted by molar-refractivity contribution is -0.111. The second kappa shape index (κ2) is 22.0. The Kier molecular flexibility index (Phi) is 22.0. The van der Waals surface area contributed by atoms with E-state index in [1.54, 1.807) is 0 Å². The molecule has 0 N–H and O–H groups in total. The van der Waals surface area contributed by atoms with Gasteiger partial charge in [0.1, 0.15) is 6.29 Å². The molecule has 0 aromatic rings. The number of halogens is 1. The summed E-state index contributed by atoms with van der Waals surface area (Å²) in [5.41, 5.74) is 0. The Labute approximate surface area is 163 Å². The van der Waals surface area contributed by atoms with Gasteiger partial charge in [0.2, 0.25) is 0 Å². The van der Waals surface area contributed by atoms with Crippen molar-refractivity contribution in [3.63, 3.8) is 0 Å². The van der Waals surface area contributed by atoms with E-state index >= 15 is 0 Å². The lowest BCUT2D eigenvalue weighted by atomic mass is 9.97. The van der Waals surface area contributed by atoms with Crippen LogP contribution in [-0.4, -0.2) is 12.2 Å². The van der Waals surface area contributed by atoms with Crippen LogP contribution >= 0.6 is 11.6 Å². The third kappa shape index (κ3) is 20.1. The van der Waals surface area contributed by atoms with Gasteiger partial charge in [-0.2, -0.15) is 0 Å². The minimum Gasteiger partial charge on any atom is -0.303 e. The normalized spacial score (nSPS) is 12.4. The Balaban J connectivity index is 3.12. The van der Waals surface area contributed by atoms with Crippen molar-refractivity contribution < 1.29 is 4.79 Å². The van der Waals surface area contributed by atoms with Crippen molar-refractivity contribution in [1.82, 2.24) is 0 Å². The number of hydrogen-bond acceptors (Lipinski definition) is 1. The molecule has 0 aromatic carbocycles. The minimum atomic E-state index is 0.255. The van der Waals surface area contributed by atoms with E-state index in [1.165, 1.54) is 103 Å². The van der Waals surface area contributed by atoms with Crippen molar-refractivity contribution in [3.8, 4) is 0 Å². The molecule has 0 spiro atoms. The van der Waals surface area contributed by atoms with Crippen LogP contribution in [0.2, 0.25) is 0 Å². The van der Waals surface area contributed by atoms with Crippen molar-refractivity contribution >= 4 is 17.9 Å². The smallest absolute Gasteiger partial charge is 0.123 e. The first-order valence-corrected chi connectivity index (χ1v) is 11.9. The summed E-state index contributed by atoms with van der Waals surface area (Å²) in [4.78, 5) is 11.0. The lowest BCUT2D eigenvalue weighted by Crippen LogP contribution is -2.02. The Hall–Kier alpha value is -0.0400. The highest BCUT2D eigenvalue weighted by Crippen LogP contribution is 2.17. The van der Waals surface area contributed by atoms with Gasteiger partial charge in [-0.25, -0.2) is 0 Å². The summed E-state index contributed by atoms with van der Waals surface area (Å²) in [6.07, 6.45) is 26.6. The van der Waals surface area contributed by atoms with E-state index in [2.05, 4.69) is 6.92 Å². The summed E-state index contributed by atoms with van der Waals surface area (Å²) in [5.74, 6) is 0.939. The Morgan fingerprint density at radius 2 is 0.960 bits per heavy atom. The Morgan fingerprint density at radius 3 is 1.32 bits per heavy atom. The van der Waals surface area contributed by atoms with Crippen molar-refractivity contribution in [2.45, 2.75) is 129 Å². The average Bonchev–Trinajstić information content (AvgIpc) is 2.63. The van der Waals surface area contributed by atoms with Crippen molar-refractivity contribution in [2.75, 3.05) is 5.88 Å². The molecule has 2 heteroatoms. The molecule has 0 aliphatic heterocycles. The lowest BCUT2D eigenvalue weighted by Gasteiger charge is -2.08. The fourth-order valence-corrected chi connectivity index (χ4v) is 3.73. The zero-order chi connectivity index (χ0) is 18.4. The van der Waals surface area contributed by atoms with E-state index in [0.29, 0.717) is 5.88 Å². The molecule has 150 valence electrons. The summed E-state index contributed by atoms with van der Waals surface area (Å²) in [5, 5.41) is 0. The molecule has 0 saturated carbocycles. The monoisotopic (exact) mass is 372 g/mol. The van der Waals surface area contributed by atoms with Crippen molar-refractivity contribution in [3.05, 3.63) is 0 Å². The second-order valence-corrected chi connectivity index (χ2v) is 8.20. The number of unbranched alkanes of at least 4 members (excludes halogenated alkanes) is 15. The van der Waals surface area contributed by atoms with Crippen LogP contribution in [0, 0.1) is 5.92 Å². The van der Waals surface area contributed by atoms with Gasteiger partial charge >= 0.3 is 0 Å². The van der Waals surface area contributed by atoms with Gasteiger partial charge in [0, 0.05) is 11.8 Å². The molecule has 0 fully saturated rings. The first kappa shape index (κ1) is 25.0. The summed E-state index contributed by atoms with van der Waals surface area (Å²) in [6.45, 7) is 2.29. The van der Waals surface area contributed by atoms with E-state index in [-0.39, 0.29) is 5.92 Å². The highest BCUT2D eigenvalue weighted by atomic mass is 35.5. The minimum absolute atomic E-state index is 0.255. The van der Waals surface area contributed by atoms with Gasteiger partial charge in [-0.3, -0.25) is 0 Å². The van der Waals surface area contributed by atoms with E-state index in [4.69, 9.17) is 11.6 Å². The number of alkyl halides is 1. The zero-order valence-electron chi connectivity index (χ0n) is 17.1. The molecule has 0 aromatic heterocycles. The largest absolute Gasteiger partial charge is 0.303 e. The van der Waals surface area contributed by atoms with Crippen molar-refractivity contribution in [2.24, 2.45) is 5.92 Å². The van der Waals surface area contributed by atoms with E-state index in [1.807, 2.05) is 0 Å². The van der Waals surface area contributed by atoms with Gasteiger partial charge in [-0.15, -0.1) is 11.6 Å². The van der Waals surface area contributed by atoms with Gasteiger partial charge in [-0.1, -0.05) is 110 Å². The van der Waals surface area contributed by atoms with Crippen LogP contribution in [0.4, 0.5) is 0 Å². The highest BCUT2D eigenvalue weighted by molar-refractivity contribution is 6.17. The van der Waals surface area contributed by atoms with Gasteiger partial charge < -0.3 is 4.79 Å². The van der Waals surface area contributed by atoms with E-state index < -0.39 is 0 Å². The number of hydrogen-bond donors (Lipinski definition) is 0. The molecule has 0 radical (unpaired) electrons. The fourth-order valence-electron chi connectivity index (χ4n) is 3.57. The molecule has 0 rings (SSSR count). The third-order valence-electron chi connectivity index (χ3n) is 5.33. The molecule has 0 bridgehead atoms. The number of aldehydes is 1. The topological polar surface area (TPSA) is 17.1 Å². The SMILES string of the molecule is CCCCCCCCCCCCCCCCCCC(C=O)CCCCl. The average molecular weight is 373 g/mol. The Morgan fingerprint density at radius 1 is 0.600 bits per heavy atom. The predicted octanol–water partition coefficient (Wildman–Crippen LogP) is 8.47. The number of carbonyl (C=O) groups excluding carboxylic acids is 1. The summed E-state index contributed by atoms with van der Waals surface area (Å²) in [6, 6.07) is 0. The molecular formula is C23H45ClO. The molecular weight excluding hydrogens is 328 g/mol. The highest BCUT2D eigenvalue weighted by Gasteiger charge is 2.06. The predicted molar refractivity (Wildman–Crippen MR) is 114 cm³/mol. The van der Waals surface area contributed by atoms with E-state index in [9.17, 15) is 4.79 Å².